The number of nitrogens with zero attached hydrogens (tertiary/aromatic N) is 2. The first kappa shape index (κ1) is 18.2. The number of anilines is 1. The van der Waals surface area contributed by atoms with Crippen molar-refractivity contribution < 1.29 is 4.79 Å². The number of hydrogen-bond acceptors (Lipinski definition) is 5. The van der Waals surface area contributed by atoms with Crippen molar-refractivity contribution >= 4 is 57.3 Å². The molecule has 0 spiro atoms. The number of carbonyl (C=O) groups is 1. The summed E-state index contributed by atoms with van der Waals surface area (Å²) in [6.07, 6.45) is 3.44. The first-order valence-corrected chi connectivity index (χ1v) is 9.83. The van der Waals surface area contributed by atoms with E-state index in [1.807, 2.05) is 24.4 Å². The molecule has 1 unspecified atom stereocenters. The Labute approximate surface area is 163 Å². The van der Waals surface area contributed by atoms with Crippen LogP contribution in [0.2, 0.25) is 10.0 Å². The Kier molecular flexibility index (Phi) is 5.96. The van der Waals surface area contributed by atoms with Crippen molar-refractivity contribution in [3.05, 3.63) is 58.2 Å². The monoisotopic (exact) mass is 409 g/mol. The maximum atomic E-state index is 12.4. The van der Waals surface area contributed by atoms with Gasteiger partial charge < -0.3 is 5.32 Å². The minimum absolute atomic E-state index is 0.145. The second-order valence-corrected chi connectivity index (χ2v) is 8.19. The Morgan fingerprint density at radius 2 is 2.16 bits per heavy atom. The van der Waals surface area contributed by atoms with E-state index in [4.69, 9.17) is 23.2 Å². The molecule has 0 bridgehead atoms. The van der Waals surface area contributed by atoms with Gasteiger partial charge in [-0.2, -0.15) is 0 Å². The predicted octanol–water partition coefficient (Wildman–Crippen LogP) is 5.63. The summed E-state index contributed by atoms with van der Waals surface area (Å²) in [6, 6.07) is 8.96. The third kappa shape index (κ3) is 4.73. The van der Waals surface area contributed by atoms with Gasteiger partial charge in [0.05, 0.1) is 16.0 Å². The zero-order valence-corrected chi connectivity index (χ0v) is 16.2. The predicted molar refractivity (Wildman–Crippen MR) is 106 cm³/mol. The van der Waals surface area contributed by atoms with Crippen LogP contribution in [0.5, 0.6) is 0 Å². The van der Waals surface area contributed by atoms with Crippen LogP contribution in [0.1, 0.15) is 6.92 Å². The lowest BCUT2D eigenvalue weighted by Gasteiger charge is -2.11. The number of rotatable bonds is 5. The standard InChI is InChI=1S/C17H13Cl2N3OS2/c1-10(25-15-7-12(18)4-5-13(15)19)16(23)22-17-21-14(9-24-17)11-3-2-6-20-8-11/h2-10H,1H3,(H,21,22,23). The lowest BCUT2D eigenvalue weighted by atomic mass is 10.2. The maximum absolute atomic E-state index is 12.4. The fourth-order valence-corrected chi connectivity index (χ4v) is 4.13. The van der Waals surface area contributed by atoms with Crippen LogP contribution in [0.3, 0.4) is 0 Å². The lowest BCUT2D eigenvalue weighted by Crippen LogP contribution is -2.22. The fourth-order valence-electron chi connectivity index (χ4n) is 2.00. The summed E-state index contributed by atoms with van der Waals surface area (Å²) in [4.78, 5) is 21.7. The molecule has 8 heteroatoms. The SMILES string of the molecule is CC(Sc1cc(Cl)ccc1Cl)C(=O)Nc1nc(-c2cccnc2)cs1. The van der Waals surface area contributed by atoms with Gasteiger partial charge in [0.1, 0.15) is 0 Å². The summed E-state index contributed by atoms with van der Waals surface area (Å²) in [6.45, 7) is 1.81. The van der Waals surface area contributed by atoms with Crippen LogP contribution >= 0.6 is 46.3 Å². The van der Waals surface area contributed by atoms with Gasteiger partial charge in [0, 0.05) is 33.3 Å². The number of benzene rings is 1. The summed E-state index contributed by atoms with van der Waals surface area (Å²) in [7, 11) is 0. The third-order valence-electron chi connectivity index (χ3n) is 3.26. The van der Waals surface area contributed by atoms with Crippen molar-refractivity contribution in [2.45, 2.75) is 17.1 Å². The number of thiazole rings is 1. The zero-order chi connectivity index (χ0) is 17.8. The summed E-state index contributed by atoms with van der Waals surface area (Å²) >= 11 is 14.9. The minimum Gasteiger partial charge on any atom is -0.301 e. The van der Waals surface area contributed by atoms with Crippen LogP contribution in [0.15, 0.2) is 53.0 Å². The van der Waals surface area contributed by atoms with Gasteiger partial charge in [-0.05, 0) is 37.3 Å². The van der Waals surface area contributed by atoms with Crippen molar-refractivity contribution in [1.29, 1.82) is 0 Å². The van der Waals surface area contributed by atoms with Crippen molar-refractivity contribution in [3.63, 3.8) is 0 Å². The molecule has 0 saturated carbocycles. The van der Waals surface area contributed by atoms with Gasteiger partial charge in [-0.3, -0.25) is 9.78 Å². The summed E-state index contributed by atoms with van der Waals surface area (Å²) < 4.78 is 0. The number of aromatic nitrogens is 2. The number of halogens is 2. The Balaban J connectivity index is 1.66. The molecule has 128 valence electrons. The van der Waals surface area contributed by atoms with Gasteiger partial charge in [-0.25, -0.2) is 4.98 Å². The van der Waals surface area contributed by atoms with Crippen molar-refractivity contribution in [1.82, 2.24) is 9.97 Å². The van der Waals surface area contributed by atoms with E-state index in [0.717, 1.165) is 16.2 Å². The number of pyridine rings is 1. The third-order valence-corrected chi connectivity index (χ3v) is 5.85. The molecule has 1 N–H and O–H groups in total. The highest BCUT2D eigenvalue weighted by Crippen LogP contribution is 2.33. The van der Waals surface area contributed by atoms with Gasteiger partial charge in [0.2, 0.25) is 5.91 Å². The van der Waals surface area contributed by atoms with E-state index in [9.17, 15) is 4.79 Å². The first-order chi connectivity index (χ1) is 12.0. The topological polar surface area (TPSA) is 54.9 Å². The van der Waals surface area contributed by atoms with E-state index in [1.54, 1.807) is 30.6 Å². The Morgan fingerprint density at radius 1 is 1.32 bits per heavy atom. The van der Waals surface area contributed by atoms with Gasteiger partial charge in [-0.1, -0.05) is 23.2 Å². The van der Waals surface area contributed by atoms with Crippen LogP contribution < -0.4 is 5.32 Å². The van der Waals surface area contributed by atoms with Gasteiger partial charge >= 0.3 is 0 Å². The molecule has 2 aromatic heterocycles. The van der Waals surface area contributed by atoms with Crippen LogP contribution in [0.4, 0.5) is 5.13 Å². The van der Waals surface area contributed by atoms with Crippen LogP contribution in [0.25, 0.3) is 11.3 Å². The van der Waals surface area contributed by atoms with Crippen LogP contribution in [-0.4, -0.2) is 21.1 Å². The molecule has 0 aliphatic heterocycles. The molecule has 2 heterocycles. The van der Waals surface area contributed by atoms with Gasteiger partial charge in [0.15, 0.2) is 5.13 Å². The summed E-state index contributed by atoms with van der Waals surface area (Å²) in [5.41, 5.74) is 1.69. The molecule has 1 aromatic carbocycles. The number of hydrogen-bond donors (Lipinski definition) is 1. The number of amides is 1. The summed E-state index contributed by atoms with van der Waals surface area (Å²) in [5.74, 6) is -0.145. The van der Waals surface area contributed by atoms with E-state index in [1.165, 1.54) is 23.1 Å². The molecule has 3 aromatic rings. The molecule has 0 saturated heterocycles. The lowest BCUT2D eigenvalue weighted by molar-refractivity contribution is -0.115. The molecule has 25 heavy (non-hydrogen) atoms. The average molecular weight is 410 g/mol. The Hall–Kier alpha value is -1.60. The number of carbonyl (C=O) groups excluding carboxylic acids is 1. The molecule has 0 fully saturated rings. The van der Waals surface area contributed by atoms with E-state index in [2.05, 4.69) is 15.3 Å². The molecule has 0 aliphatic carbocycles. The second kappa shape index (κ2) is 8.19. The Bertz CT molecular complexity index is 887. The van der Waals surface area contributed by atoms with Crippen molar-refractivity contribution in [3.8, 4) is 11.3 Å². The molecule has 4 nitrogen and oxygen atoms in total. The van der Waals surface area contributed by atoms with Crippen molar-refractivity contribution in [2.75, 3.05) is 5.32 Å². The van der Waals surface area contributed by atoms with Gasteiger partial charge in [-0.15, -0.1) is 23.1 Å². The minimum atomic E-state index is -0.346. The fraction of sp³-hybridized carbons (Fsp3) is 0.118. The highest BCUT2D eigenvalue weighted by molar-refractivity contribution is 8.00. The molecule has 0 radical (unpaired) electrons. The quantitative estimate of drug-likeness (QED) is 0.554. The zero-order valence-electron chi connectivity index (χ0n) is 13.1. The normalized spacial score (nSPS) is 12.0. The second-order valence-electron chi connectivity index (χ2n) is 5.10. The largest absolute Gasteiger partial charge is 0.301 e. The molecule has 3 rings (SSSR count). The molecule has 1 amide bonds. The average Bonchev–Trinajstić information content (AvgIpc) is 3.07. The van der Waals surface area contributed by atoms with Crippen LogP contribution in [-0.2, 0) is 4.79 Å². The number of thioether (sulfide) groups is 1. The molecule has 1 atom stereocenters. The van der Waals surface area contributed by atoms with E-state index >= 15 is 0 Å². The van der Waals surface area contributed by atoms with E-state index < -0.39 is 0 Å². The molecular formula is C17H13Cl2N3OS2. The van der Waals surface area contributed by atoms with E-state index in [-0.39, 0.29) is 11.2 Å². The molecular weight excluding hydrogens is 397 g/mol. The Morgan fingerprint density at radius 3 is 2.92 bits per heavy atom. The summed E-state index contributed by atoms with van der Waals surface area (Å²) in [5, 5.41) is 6.08. The highest BCUT2D eigenvalue weighted by Gasteiger charge is 2.18. The van der Waals surface area contributed by atoms with E-state index in [0.29, 0.717) is 15.2 Å². The van der Waals surface area contributed by atoms with Gasteiger partial charge in [0.25, 0.3) is 0 Å². The van der Waals surface area contributed by atoms with Crippen molar-refractivity contribution in [2.24, 2.45) is 0 Å². The maximum Gasteiger partial charge on any atom is 0.239 e. The smallest absolute Gasteiger partial charge is 0.239 e. The van der Waals surface area contributed by atoms with Crippen LogP contribution in [0, 0.1) is 0 Å². The molecule has 0 aliphatic rings. The highest BCUT2D eigenvalue weighted by atomic mass is 35.5. The number of nitrogens with one attached hydrogen (secondary N) is 1. The first-order valence-electron chi connectivity index (χ1n) is 7.31.